The minimum absolute atomic E-state index is 0.556. The Morgan fingerprint density at radius 2 is 2.21 bits per heavy atom. The Balaban J connectivity index is 1.65. The lowest BCUT2D eigenvalue weighted by Gasteiger charge is -2.17. The van der Waals surface area contributed by atoms with Crippen LogP contribution in [0, 0.1) is 13.8 Å². The molecule has 3 atom stereocenters. The molecule has 4 nitrogen and oxygen atoms in total. The summed E-state index contributed by atoms with van der Waals surface area (Å²) in [5.41, 5.74) is 2.21. The van der Waals surface area contributed by atoms with Crippen LogP contribution in [-0.2, 0) is 0 Å². The lowest BCUT2D eigenvalue weighted by molar-refractivity contribution is 0.490. The Morgan fingerprint density at radius 3 is 2.84 bits per heavy atom. The van der Waals surface area contributed by atoms with Gasteiger partial charge in [0.25, 0.3) is 0 Å². The van der Waals surface area contributed by atoms with E-state index < -0.39 is 0 Å². The highest BCUT2D eigenvalue weighted by Crippen LogP contribution is 2.39. The van der Waals surface area contributed by atoms with Gasteiger partial charge in [-0.25, -0.2) is 4.98 Å². The number of H-pyrrole nitrogens is 1. The van der Waals surface area contributed by atoms with Gasteiger partial charge < -0.3 is 14.7 Å². The van der Waals surface area contributed by atoms with Gasteiger partial charge in [-0.3, -0.25) is 0 Å². The summed E-state index contributed by atoms with van der Waals surface area (Å²) in [6, 6.07) is 3.41. The van der Waals surface area contributed by atoms with E-state index in [0.29, 0.717) is 18.0 Å². The molecule has 100 valence electrons. The second-order valence-corrected chi connectivity index (χ2v) is 5.90. The molecule has 2 aromatic heterocycles. The second-order valence-electron chi connectivity index (χ2n) is 5.90. The normalized spacial score (nSPS) is 29.3. The molecule has 2 saturated heterocycles. The van der Waals surface area contributed by atoms with Crippen molar-refractivity contribution in [3.63, 3.8) is 0 Å². The highest BCUT2D eigenvalue weighted by molar-refractivity contribution is 5.61. The Bertz CT molecular complexity index is 613. The molecule has 4 heteroatoms. The molecule has 4 heterocycles. The molecule has 4 rings (SSSR count). The van der Waals surface area contributed by atoms with E-state index in [1.54, 1.807) is 0 Å². The van der Waals surface area contributed by atoms with Gasteiger partial charge in [0, 0.05) is 23.6 Å². The monoisotopic (exact) mass is 257 g/mol. The average Bonchev–Trinajstić information content (AvgIpc) is 3.11. The number of fused-ring (bicyclic) bond motifs is 2. The molecular formula is C15H19N3O. The van der Waals surface area contributed by atoms with E-state index in [9.17, 15) is 0 Å². The zero-order chi connectivity index (χ0) is 13.0. The van der Waals surface area contributed by atoms with Crippen molar-refractivity contribution in [1.82, 2.24) is 15.3 Å². The number of hydrogen-bond donors (Lipinski definition) is 2. The number of hydrogen-bond acceptors (Lipinski definition) is 3. The number of aromatic amines is 1. The summed E-state index contributed by atoms with van der Waals surface area (Å²) >= 11 is 0. The van der Waals surface area contributed by atoms with Crippen molar-refractivity contribution in [3.05, 3.63) is 29.6 Å². The molecule has 2 aliphatic rings. The van der Waals surface area contributed by atoms with Crippen molar-refractivity contribution in [2.45, 2.75) is 51.1 Å². The SMILES string of the molecule is Cc1cc(-c2cnc(C3CC4CCC3N4)[nH]2)c(C)o1. The lowest BCUT2D eigenvalue weighted by Crippen LogP contribution is -2.22. The van der Waals surface area contributed by atoms with Gasteiger partial charge >= 0.3 is 0 Å². The number of nitrogens with zero attached hydrogens (tertiary/aromatic N) is 1. The molecule has 3 unspecified atom stereocenters. The average molecular weight is 257 g/mol. The van der Waals surface area contributed by atoms with Crippen molar-refractivity contribution in [1.29, 1.82) is 0 Å². The van der Waals surface area contributed by atoms with E-state index in [-0.39, 0.29) is 0 Å². The van der Waals surface area contributed by atoms with Crippen LogP contribution >= 0.6 is 0 Å². The van der Waals surface area contributed by atoms with Gasteiger partial charge in [-0.15, -0.1) is 0 Å². The smallest absolute Gasteiger partial charge is 0.111 e. The third-order valence-corrected chi connectivity index (χ3v) is 4.58. The first-order valence-electron chi connectivity index (χ1n) is 7.09. The van der Waals surface area contributed by atoms with Gasteiger partial charge in [0.05, 0.1) is 11.9 Å². The third kappa shape index (κ3) is 1.74. The second kappa shape index (κ2) is 3.97. The van der Waals surface area contributed by atoms with E-state index in [2.05, 4.69) is 21.4 Å². The molecule has 0 radical (unpaired) electrons. The van der Waals surface area contributed by atoms with E-state index in [1.807, 2.05) is 20.0 Å². The molecule has 19 heavy (non-hydrogen) atoms. The molecule has 0 aromatic carbocycles. The minimum Gasteiger partial charge on any atom is -0.466 e. The summed E-state index contributed by atoms with van der Waals surface area (Å²) in [5, 5.41) is 3.66. The first kappa shape index (κ1) is 11.3. The zero-order valence-corrected chi connectivity index (χ0v) is 11.4. The van der Waals surface area contributed by atoms with Crippen LogP contribution < -0.4 is 5.32 Å². The van der Waals surface area contributed by atoms with Crippen LogP contribution in [0.5, 0.6) is 0 Å². The van der Waals surface area contributed by atoms with Gasteiger partial charge in [0.1, 0.15) is 17.3 Å². The maximum atomic E-state index is 5.59. The van der Waals surface area contributed by atoms with Gasteiger partial charge in [-0.1, -0.05) is 0 Å². The molecule has 0 saturated carbocycles. The quantitative estimate of drug-likeness (QED) is 0.869. The first-order chi connectivity index (χ1) is 9.20. The van der Waals surface area contributed by atoms with Crippen LogP contribution in [0.3, 0.4) is 0 Å². The molecule has 0 aliphatic carbocycles. The fourth-order valence-electron chi connectivity index (χ4n) is 3.69. The summed E-state index contributed by atoms with van der Waals surface area (Å²) in [5.74, 6) is 3.60. The largest absolute Gasteiger partial charge is 0.466 e. The van der Waals surface area contributed by atoms with E-state index in [0.717, 1.165) is 28.6 Å². The van der Waals surface area contributed by atoms with Crippen molar-refractivity contribution in [2.75, 3.05) is 0 Å². The van der Waals surface area contributed by atoms with Crippen molar-refractivity contribution in [3.8, 4) is 11.3 Å². The Morgan fingerprint density at radius 1 is 1.32 bits per heavy atom. The Hall–Kier alpha value is -1.55. The molecule has 0 spiro atoms. The third-order valence-electron chi connectivity index (χ3n) is 4.58. The first-order valence-corrected chi connectivity index (χ1v) is 7.09. The maximum absolute atomic E-state index is 5.59. The summed E-state index contributed by atoms with van der Waals surface area (Å²) in [6.45, 7) is 3.98. The van der Waals surface area contributed by atoms with Crippen LogP contribution in [0.2, 0.25) is 0 Å². The number of rotatable bonds is 2. The van der Waals surface area contributed by atoms with E-state index in [4.69, 9.17) is 4.42 Å². The van der Waals surface area contributed by atoms with Crippen LogP contribution in [-0.4, -0.2) is 22.1 Å². The molecule has 2 bridgehead atoms. The summed E-state index contributed by atoms with van der Waals surface area (Å²) in [7, 11) is 0. The molecule has 2 fully saturated rings. The number of nitrogens with one attached hydrogen (secondary N) is 2. The predicted octanol–water partition coefficient (Wildman–Crippen LogP) is 2.89. The molecule has 2 aliphatic heterocycles. The number of furan rings is 1. The van der Waals surface area contributed by atoms with Gasteiger partial charge in [-0.05, 0) is 39.2 Å². The van der Waals surface area contributed by atoms with E-state index in [1.165, 1.54) is 19.3 Å². The molecular weight excluding hydrogens is 238 g/mol. The van der Waals surface area contributed by atoms with Crippen LogP contribution in [0.25, 0.3) is 11.3 Å². The van der Waals surface area contributed by atoms with Gasteiger partial charge in [0.2, 0.25) is 0 Å². The molecule has 0 amide bonds. The van der Waals surface area contributed by atoms with E-state index >= 15 is 0 Å². The van der Waals surface area contributed by atoms with Crippen LogP contribution in [0.1, 0.15) is 42.5 Å². The summed E-state index contributed by atoms with van der Waals surface area (Å²) in [6.07, 6.45) is 5.78. The maximum Gasteiger partial charge on any atom is 0.111 e. The fourth-order valence-corrected chi connectivity index (χ4v) is 3.69. The van der Waals surface area contributed by atoms with Crippen LogP contribution in [0.15, 0.2) is 16.7 Å². The van der Waals surface area contributed by atoms with Crippen molar-refractivity contribution in [2.24, 2.45) is 0 Å². The predicted molar refractivity (Wildman–Crippen MR) is 73.1 cm³/mol. The highest BCUT2D eigenvalue weighted by Gasteiger charge is 2.41. The summed E-state index contributed by atoms with van der Waals surface area (Å²) in [4.78, 5) is 8.11. The topological polar surface area (TPSA) is 53.9 Å². The highest BCUT2D eigenvalue weighted by atomic mass is 16.3. The zero-order valence-electron chi connectivity index (χ0n) is 11.4. The minimum atomic E-state index is 0.556. The number of aromatic nitrogens is 2. The molecule has 2 aromatic rings. The Labute approximate surface area is 112 Å². The van der Waals surface area contributed by atoms with Crippen molar-refractivity contribution >= 4 is 0 Å². The number of aryl methyl sites for hydroxylation is 2. The number of imidazole rings is 1. The fraction of sp³-hybridized carbons (Fsp3) is 0.533. The van der Waals surface area contributed by atoms with Gasteiger partial charge in [-0.2, -0.15) is 0 Å². The van der Waals surface area contributed by atoms with Crippen molar-refractivity contribution < 1.29 is 4.42 Å². The molecule has 2 N–H and O–H groups in total. The van der Waals surface area contributed by atoms with Gasteiger partial charge in [0.15, 0.2) is 0 Å². The standard InChI is InChI=1S/C15H19N3O/c1-8-5-11(9(2)19-8)14-7-16-15(18-14)12-6-10-3-4-13(12)17-10/h5,7,10,12-13,17H,3-4,6H2,1-2H3,(H,16,18). The summed E-state index contributed by atoms with van der Waals surface area (Å²) < 4.78 is 5.59. The van der Waals surface area contributed by atoms with Crippen LogP contribution in [0.4, 0.5) is 0 Å². The Kier molecular flexibility index (Phi) is 2.36. The lowest BCUT2D eigenvalue weighted by atomic mass is 9.89.